The SMILES string of the molecule is CC1(C)CC(Cc2ccc(-c3cc4ccc(CCCN5CCOCC5)cc4cc3O)nn2)CC(C)(C)N1. The molecule has 198 valence electrons. The third kappa shape index (κ3) is 6.67. The first-order valence-electron chi connectivity index (χ1n) is 13.8. The Morgan fingerprint density at radius 2 is 1.70 bits per heavy atom. The fourth-order valence-corrected chi connectivity index (χ4v) is 6.61. The number of phenols is 1. The van der Waals surface area contributed by atoms with Crippen molar-refractivity contribution in [3.8, 4) is 17.0 Å². The highest BCUT2D eigenvalue weighted by Crippen LogP contribution is 2.35. The summed E-state index contributed by atoms with van der Waals surface area (Å²) in [7, 11) is 0. The standard InChI is InChI=1S/C31H42N4O2/c1-30(2)20-23(21-31(3,4)34-30)17-26-9-10-28(33-32-26)27-18-24-8-7-22(16-25(24)19-29(27)36)6-5-11-35-12-14-37-15-13-35/h7-10,16,18-19,23,34,36H,5-6,11-15,17,20-21H2,1-4H3. The van der Waals surface area contributed by atoms with E-state index >= 15 is 0 Å². The molecule has 0 aliphatic carbocycles. The van der Waals surface area contributed by atoms with Gasteiger partial charge in [0.2, 0.25) is 0 Å². The molecule has 0 radical (unpaired) electrons. The minimum absolute atomic E-state index is 0.124. The largest absolute Gasteiger partial charge is 0.507 e. The topological polar surface area (TPSA) is 70.5 Å². The van der Waals surface area contributed by atoms with Crippen LogP contribution in [-0.4, -0.2) is 64.1 Å². The lowest BCUT2D eigenvalue weighted by molar-refractivity contribution is 0.0375. The first kappa shape index (κ1) is 26.1. The number of piperidine rings is 1. The number of rotatable bonds is 7. The van der Waals surface area contributed by atoms with Crippen molar-refractivity contribution in [2.24, 2.45) is 5.92 Å². The molecule has 0 atom stereocenters. The Morgan fingerprint density at radius 1 is 0.946 bits per heavy atom. The number of phenolic OH excluding ortho intramolecular Hbond substituents is 1. The van der Waals surface area contributed by atoms with Crippen LogP contribution in [0.4, 0.5) is 0 Å². The molecule has 2 N–H and O–H groups in total. The van der Waals surface area contributed by atoms with E-state index in [9.17, 15) is 5.11 Å². The Hall–Kier alpha value is -2.54. The van der Waals surface area contributed by atoms with Crippen LogP contribution in [0.2, 0.25) is 0 Å². The van der Waals surface area contributed by atoms with Crippen LogP contribution >= 0.6 is 0 Å². The molecule has 2 saturated heterocycles. The normalized spacial score (nSPS) is 20.3. The van der Waals surface area contributed by atoms with Gasteiger partial charge in [0.05, 0.1) is 24.6 Å². The van der Waals surface area contributed by atoms with Crippen LogP contribution < -0.4 is 5.32 Å². The summed E-state index contributed by atoms with van der Waals surface area (Å²) in [6.45, 7) is 14.0. The van der Waals surface area contributed by atoms with Crippen molar-refractivity contribution in [2.75, 3.05) is 32.8 Å². The van der Waals surface area contributed by atoms with Crippen molar-refractivity contribution in [2.45, 2.75) is 70.9 Å². The molecule has 6 nitrogen and oxygen atoms in total. The van der Waals surface area contributed by atoms with Crippen molar-refractivity contribution in [1.82, 2.24) is 20.4 Å². The molecule has 1 aromatic heterocycles. The summed E-state index contributed by atoms with van der Waals surface area (Å²) < 4.78 is 5.44. The van der Waals surface area contributed by atoms with Gasteiger partial charge in [-0.1, -0.05) is 18.2 Å². The molecule has 3 aromatic rings. The maximum atomic E-state index is 10.9. The van der Waals surface area contributed by atoms with Crippen molar-refractivity contribution >= 4 is 10.8 Å². The quantitative estimate of drug-likeness (QED) is 0.453. The molecule has 5 rings (SSSR count). The molecule has 6 heteroatoms. The Bertz CT molecular complexity index is 1200. The zero-order chi connectivity index (χ0) is 26.0. The molecule has 0 unspecified atom stereocenters. The zero-order valence-electron chi connectivity index (χ0n) is 22.9. The van der Waals surface area contributed by atoms with Crippen molar-refractivity contribution in [3.05, 3.63) is 53.7 Å². The summed E-state index contributed by atoms with van der Waals surface area (Å²) in [6, 6.07) is 14.5. The molecule has 0 saturated carbocycles. The van der Waals surface area contributed by atoms with Crippen LogP contribution in [0.5, 0.6) is 5.75 Å². The maximum absolute atomic E-state index is 10.9. The van der Waals surface area contributed by atoms with Crippen LogP contribution in [0.3, 0.4) is 0 Å². The van der Waals surface area contributed by atoms with E-state index in [2.05, 4.69) is 72.4 Å². The smallest absolute Gasteiger partial charge is 0.125 e. The molecule has 2 aliphatic heterocycles. The van der Waals surface area contributed by atoms with E-state index < -0.39 is 0 Å². The van der Waals surface area contributed by atoms with E-state index in [-0.39, 0.29) is 16.8 Å². The predicted molar refractivity (Wildman–Crippen MR) is 150 cm³/mol. The van der Waals surface area contributed by atoms with Gasteiger partial charge in [-0.15, -0.1) is 0 Å². The average Bonchev–Trinajstić information content (AvgIpc) is 2.83. The third-order valence-corrected chi connectivity index (χ3v) is 7.83. The zero-order valence-corrected chi connectivity index (χ0v) is 22.9. The molecular weight excluding hydrogens is 460 g/mol. The van der Waals surface area contributed by atoms with Crippen LogP contribution in [0.1, 0.15) is 58.2 Å². The van der Waals surface area contributed by atoms with Crippen molar-refractivity contribution in [3.63, 3.8) is 0 Å². The van der Waals surface area contributed by atoms with Gasteiger partial charge in [0, 0.05) is 29.7 Å². The van der Waals surface area contributed by atoms with Crippen molar-refractivity contribution in [1.29, 1.82) is 0 Å². The summed E-state index contributed by atoms with van der Waals surface area (Å²) >= 11 is 0. The summed E-state index contributed by atoms with van der Waals surface area (Å²) in [6.07, 6.45) is 5.35. The lowest BCUT2D eigenvalue weighted by atomic mass is 9.74. The van der Waals surface area contributed by atoms with Gasteiger partial charge in [0.15, 0.2) is 0 Å². The highest BCUT2D eigenvalue weighted by Gasteiger charge is 2.37. The van der Waals surface area contributed by atoms with Crippen LogP contribution in [-0.2, 0) is 17.6 Å². The lowest BCUT2D eigenvalue weighted by Crippen LogP contribution is -2.58. The molecule has 0 amide bonds. The second-order valence-electron chi connectivity index (χ2n) is 12.4. The summed E-state index contributed by atoms with van der Waals surface area (Å²) in [5.41, 5.74) is 4.02. The van der Waals surface area contributed by atoms with Gasteiger partial charge in [-0.05, 0) is 113 Å². The lowest BCUT2D eigenvalue weighted by Gasteiger charge is -2.46. The van der Waals surface area contributed by atoms with Crippen LogP contribution in [0.15, 0.2) is 42.5 Å². The Morgan fingerprint density at radius 3 is 2.41 bits per heavy atom. The number of hydrogen-bond donors (Lipinski definition) is 2. The molecular formula is C31H42N4O2. The molecule has 2 aromatic carbocycles. The summed E-state index contributed by atoms with van der Waals surface area (Å²) in [5, 5.41) is 25.9. The number of aromatic nitrogens is 2. The molecule has 0 spiro atoms. The molecule has 2 fully saturated rings. The van der Waals surface area contributed by atoms with Gasteiger partial charge in [0.1, 0.15) is 5.75 Å². The number of fused-ring (bicyclic) bond motifs is 1. The van der Waals surface area contributed by atoms with Gasteiger partial charge in [-0.2, -0.15) is 10.2 Å². The number of aryl methyl sites for hydroxylation is 1. The summed E-state index contributed by atoms with van der Waals surface area (Å²) in [4.78, 5) is 2.48. The number of hydrogen-bond acceptors (Lipinski definition) is 6. The van der Waals surface area contributed by atoms with E-state index in [1.54, 1.807) is 0 Å². The van der Waals surface area contributed by atoms with Gasteiger partial charge in [-0.25, -0.2) is 0 Å². The van der Waals surface area contributed by atoms with Crippen LogP contribution in [0.25, 0.3) is 22.0 Å². The first-order chi connectivity index (χ1) is 17.7. The Kier molecular flexibility index (Phi) is 7.53. The maximum Gasteiger partial charge on any atom is 0.125 e. The minimum atomic E-state index is 0.124. The molecule has 2 aliphatic rings. The number of benzene rings is 2. The molecule has 0 bridgehead atoms. The van der Waals surface area contributed by atoms with Gasteiger partial charge in [-0.3, -0.25) is 4.90 Å². The van der Waals surface area contributed by atoms with Gasteiger partial charge in [0.25, 0.3) is 0 Å². The molecule has 3 heterocycles. The first-order valence-corrected chi connectivity index (χ1v) is 13.8. The average molecular weight is 503 g/mol. The molecule has 37 heavy (non-hydrogen) atoms. The van der Waals surface area contributed by atoms with E-state index in [1.165, 1.54) is 5.56 Å². The number of nitrogens with zero attached hydrogens (tertiary/aromatic N) is 3. The number of aromatic hydroxyl groups is 1. The van der Waals surface area contributed by atoms with E-state index in [0.717, 1.165) is 87.0 Å². The minimum Gasteiger partial charge on any atom is -0.507 e. The number of nitrogens with one attached hydrogen (secondary N) is 1. The fraction of sp³-hybridized carbons (Fsp3) is 0.548. The number of ether oxygens (including phenoxy) is 1. The van der Waals surface area contributed by atoms with E-state index in [0.29, 0.717) is 11.6 Å². The monoisotopic (exact) mass is 502 g/mol. The Balaban J connectivity index is 1.25. The highest BCUT2D eigenvalue weighted by atomic mass is 16.5. The van der Waals surface area contributed by atoms with E-state index in [4.69, 9.17) is 4.74 Å². The Labute approximate surface area is 221 Å². The fourth-order valence-electron chi connectivity index (χ4n) is 6.61. The van der Waals surface area contributed by atoms with E-state index in [1.807, 2.05) is 18.2 Å². The van der Waals surface area contributed by atoms with Crippen molar-refractivity contribution < 1.29 is 9.84 Å². The predicted octanol–water partition coefficient (Wildman–Crippen LogP) is 5.37. The number of morpholine rings is 1. The summed E-state index contributed by atoms with van der Waals surface area (Å²) in [5.74, 6) is 0.824. The van der Waals surface area contributed by atoms with Gasteiger partial charge >= 0.3 is 0 Å². The van der Waals surface area contributed by atoms with Crippen LogP contribution in [0, 0.1) is 5.92 Å². The highest BCUT2D eigenvalue weighted by molar-refractivity contribution is 5.90. The second kappa shape index (κ2) is 10.7. The van der Waals surface area contributed by atoms with Gasteiger partial charge < -0.3 is 15.2 Å². The second-order valence-corrected chi connectivity index (χ2v) is 12.4. The third-order valence-electron chi connectivity index (χ3n) is 7.83.